The topological polar surface area (TPSA) is 34.6 Å². The van der Waals surface area contributed by atoms with Crippen molar-refractivity contribution in [3.63, 3.8) is 0 Å². The summed E-state index contributed by atoms with van der Waals surface area (Å²) in [6.07, 6.45) is 1.88. The summed E-state index contributed by atoms with van der Waals surface area (Å²) in [6.45, 7) is 6.55. The fourth-order valence-electron chi connectivity index (χ4n) is 1.83. The molecule has 1 fully saturated rings. The Bertz CT molecular complexity index is 362. The molecule has 0 bridgehead atoms. The van der Waals surface area contributed by atoms with Crippen LogP contribution in [0.1, 0.15) is 6.92 Å². The Morgan fingerprint density at radius 3 is 3.29 bits per heavy atom. The molecule has 5 heteroatoms. The smallest absolute Gasteiger partial charge is 0.152 e. The van der Waals surface area contributed by atoms with Crippen LogP contribution in [0, 0.1) is 0 Å². The van der Waals surface area contributed by atoms with Crippen molar-refractivity contribution in [2.75, 3.05) is 32.8 Å². The molecule has 0 radical (unpaired) electrons. The van der Waals surface area contributed by atoms with Crippen LogP contribution in [0.3, 0.4) is 0 Å². The summed E-state index contributed by atoms with van der Waals surface area (Å²) >= 11 is 3.36. The minimum Gasteiger partial charge on any atom is -0.488 e. The Balaban J connectivity index is 1.84. The average Bonchev–Trinajstić information content (AvgIpc) is 2.38. The van der Waals surface area contributed by atoms with Gasteiger partial charge in [0.15, 0.2) is 5.75 Å². The van der Waals surface area contributed by atoms with E-state index in [0.29, 0.717) is 6.61 Å². The van der Waals surface area contributed by atoms with E-state index in [4.69, 9.17) is 9.47 Å². The van der Waals surface area contributed by atoms with Crippen molar-refractivity contribution in [1.29, 1.82) is 0 Å². The van der Waals surface area contributed by atoms with Crippen LogP contribution in [-0.2, 0) is 4.74 Å². The number of hydrogen-bond acceptors (Lipinski definition) is 4. The van der Waals surface area contributed by atoms with E-state index in [2.05, 4.69) is 32.7 Å². The number of aromatic nitrogens is 1. The van der Waals surface area contributed by atoms with E-state index >= 15 is 0 Å². The first-order valence-corrected chi connectivity index (χ1v) is 6.66. The molecule has 1 aliphatic heterocycles. The van der Waals surface area contributed by atoms with Crippen LogP contribution < -0.4 is 4.74 Å². The maximum atomic E-state index is 5.71. The lowest BCUT2D eigenvalue weighted by molar-refractivity contribution is -0.0465. The predicted octanol–water partition coefficient (Wildman–Crippen LogP) is 1.94. The van der Waals surface area contributed by atoms with Gasteiger partial charge in [0, 0.05) is 19.3 Å². The third-order valence-corrected chi connectivity index (χ3v) is 3.42. The standard InChI is InChI=1S/C12H17BrN2O2/c1-2-15-6-7-16-10(8-15)9-17-11-4-3-5-14-12(11)13/h3-5,10H,2,6-9H2,1H3. The highest BCUT2D eigenvalue weighted by Crippen LogP contribution is 2.21. The van der Waals surface area contributed by atoms with Crippen molar-refractivity contribution in [2.45, 2.75) is 13.0 Å². The molecule has 2 rings (SSSR count). The van der Waals surface area contributed by atoms with Crippen molar-refractivity contribution < 1.29 is 9.47 Å². The van der Waals surface area contributed by atoms with E-state index in [1.807, 2.05) is 12.1 Å². The van der Waals surface area contributed by atoms with E-state index in [9.17, 15) is 0 Å². The van der Waals surface area contributed by atoms with Crippen LogP contribution in [0.15, 0.2) is 22.9 Å². The first-order valence-electron chi connectivity index (χ1n) is 5.87. The zero-order valence-electron chi connectivity index (χ0n) is 9.93. The molecule has 0 saturated carbocycles. The first kappa shape index (κ1) is 12.8. The maximum absolute atomic E-state index is 5.71. The van der Waals surface area contributed by atoms with Gasteiger partial charge in [0.05, 0.1) is 6.61 Å². The highest BCUT2D eigenvalue weighted by atomic mass is 79.9. The minimum atomic E-state index is 0.149. The second kappa shape index (κ2) is 6.33. The SMILES string of the molecule is CCN1CCOC(COc2cccnc2Br)C1. The fourth-order valence-corrected chi connectivity index (χ4v) is 2.19. The monoisotopic (exact) mass is 300 g/mol. The molecule has 0 aliphatic carbocycles. The van der Waals surface area contributed by atoms with Gasteiger partial charge in [-0.25, -0.2) is 4.98 Å². The Labute approximate surface area is 110 Å². The van der Waals surface area contributed by atoms with Crippen molar-refractivity contribution in [3.8, 4) is 5.75 Å². The summed E-state index contributed by atoms with van der Waals surface area (Å²) in [5.41, 5.74) is 0. The van der Waals surface area contributed by atoms with E-state index in [0.717, 1.165) is 36.6 Å². The summed E-state index contributed by atoms with van der Waals surface area (Å²) in [4.78, 5) is 6.49. The van der Waals surface area contributed by atoms with Crippen molar-refractivity contribution in [2.24, 2.45) is 0 Å². The highest BCUT2D eigenvalue weighted by molar-refractivity contribution is 9.10. The molecule has 1 atom stereocenters. The lowest BCUT2D eigenvalue weighted by atomic mass is 10.3. The van der Waals surface area contributed by atoms with Crippen molar-refractivity contribution >= 4 is 15.9 Å². The second-order valence-corrected chi connectivity index (χ2v) is 4.74. The minimum absolute atomic E-state index is 0.149. The lowest BCUT2D eigenvalue weighted by Crippen LogP contribution is -2.44. The van der Waals surface area contributed by atoms with Gasteiger partial charge in [-0.05, 0) is 34.6 Å². The molecule has 94 valence electrons. The lowest BCUT2D eigenvalue weighted by Gasteiger charge is -2.31. The van der Waals surface area contributed by atoms with E-state index < -0.39 is 0 Å². The molecule has 17 heavy (non-hydrogen) atoms. The second-order valence-electron chi connectivity index (χ2n) is 3.99. The Kier molecular flexibility index (Phi) is 4.76. The molecule has 0 aromatic carbocycles. The highest BCUT2D eigenvalue weighted by Gasteiger charge is 2.20. The maximum Gasteiger partial charge on any atom is 0.152 e. The molecule has 4 nitrogen and oxygen atoms in total. The van der Waals surface area contributed by atoms with Gasteiger partial charge >= 0.3 is 0 Å². The molecular formula is C12H17BrN2O2. The molecule has 1 saturated heterocycles. The molecule has 0 spiro atoms. The zero-order valence-corrected chi connectivity index (χ0v) is 11.5. The number of morpholine rings is 1. The van der Waals surface area contributed by atoms with Crippen LogP contribution in [-0.4, -0.2) is 48.8 Å². The molecule has 2 heterocycles. The molecular weight excluding hydrogens is 284 g/mol. The van der Waals surface area contributed by atoms with E-state index in [1.54, 1.807) is 6.20 Å². The Hall–Kier alpha value is -0.650. The van der Waals surface area contributed by atoms with Gasteiger partial charge in [0.25, 0.3) is 0 Å². The molecule has 1 aliphatic rings. The summed E-state index contributed by atoms with van der Waals surface area (Å²) in [5, 5.41) is 0. The van der Waals surface area contributed by atoms with Gasteiger partial charge in [-0.3, -0.25) is 4.90 Å². The van der Waals surface area contributed by atoms with Gasteiger partial charge in [-0.1, -0.05) is 6.92 Å². The Morgan fingerprint density at radius 2 is 2.53 bits per heavy atom. The fraction of sp³-hybridized carbons (Fsp3) is 0.583. The predicted molar refractivity (Wildman–Crippen MR) is 69.3 cm³/mol. The third-order valence-electron chi connectivity index (χ3n) is 2.82. The Morgan fingerprint density at radius 1 is 1.65 bits per heavy atom. The van der Waals surface area contributed by atoms with Gasteiger partial charge in [0.1, 0.15) is 17.3 Å². The van der Waals surface area contributed by atoms with Crippen LogP contribution in [0.2, 0.25) is 0 Å². The molecule has 1 aromatic rings. The number of halogens is 1. The molecule has 1 aromatic heterocycles. The van der Waals surface area contributed by atoms with Crippen molar-refractivity contribution in [1.82, 2.24) is 9.88 Å². The van der Waals surface area contributed by atoms with E-state index in [-0.39, 0.29) is 6.10 Å². The first-order chi connectivity index (χ1) is 8.29. The summed E-state index contributed by atoms with van der Waals surface area (Å²) < 4.78 is 12.1. The molecule has 0 amide bonds. The summed E-state index contributed by atoms with van der Waals surface area (Å²) in [6, 6.07) is 3.76. The number of hydrogen-bond donors (Lipinski definition) is 0. The van der Waals surface area contributed by atoms with Gasteiger partial charge in [-0.2, -0.15) is 0 Å². The van der Waals surface area contributed by atoms with Gasteiger partial charge in [0.2, 0.25) is 0 Å². The van der Waals surface area contributed by atoms with Crippen LogP contribution in [0.4, 0.5) is 0 Å². The number of ether oxygens (including phenoxy) is 2. The summed E-state index contributed by atoms with van der Waals surface area (Å²) in [7, 11) is 0. The average molecular weight is 301 g/mol. The zero-order chi connectivity index (χ0) is 12.1. The van der Waals surface area contributed by atoms with E-state index in [1.165, 1.54) is 0 Å². The van der Waals surface area contributed by atoms with Crippen LogP contribution >= 0.6 is 15.9 Å². The largest absolute Gasteiger partial charge is 0.488 e. The van der Waals surface area contributed by atoms with Crippen LogP contribution in [0.25, 0.3) is 0 Å². The van der Waals surface area contributed by atoms with Gasteiger partial charge in [-0.15, -0.1) is 0 Å². The van der Waals surface area contributed by atoms with Gasteiger partial charge < -0.3 is 9.47 Å². The summed E-state index contributed by atoms with van der Waals surface area (Å²) in [5.74, 6) is 0.768. The van der Waals surface area contributed by atoms with Crippen molar-refractivity contribution in [3.05, 3.63) is 22.9 Å². The number of pyridine rings is 1. The molecule has 0 N–H and O–H groups in total. The third kappa shape index (κ3) is 3.66. The number of likely N-dealkylation sites (N-methyl/N-ethyl adjacent to an activating group) is 1. The quantitative estimate of drug-likeness (QED) is 0.796. The van der Waals surface area contributed by atoms with Crippen LogP contribution in [0.5, 0.6) is 5.75 Å². The number of rotatable bonds is 4. The molecule has 1 unspecified atom stereocenters. The number of nitrogens with zero attached hydrogens (tertiary/aromatic N) is 2. The normalized spacial score (nSPS) is 21.4.